The first-order valence-electron chi connectivity index (χ1n) is 9.12. The molecule has 7 nitrogen and oxygen atoms in total. The molecule has 0 atom stereocenters. The number of nitrogens with zero attached hydrogens (tertiary/aromatic N) is 1. The van der Waals surface area contributed by atoms with Crippen LogP contribution in [0.15, 0.2) is 46.0 Å². The fourth-order valence-corrected chi connectivity index (χ4v) is 3.10. The number of rotatable bonds is 8. The summed E-state index contributed by atoms with van der Waals surface area (Å²) in [6, 6.07) is 3.27. The van der Waals surface area contributed by atoms with Gasteiger partial charge in [0.1, 0.15) is 17.9 Å². The predicted molar refractivity (Wildman–Crippen MR) is 112 cm³/mol. The van der Waals surface area contributed by atoms with Crippen LogP contribution >= 0.6 is 11.6 Å². The summed E-state index contributed by atoms with van der Waals surface area (Å²) in [7, 11) is 0. The third kappa shape index (κ3) is 5.06. The van der Waals surface area contributed by atoms with Gasteiger partial charge in [0, 0.05) is 36.3 Å². The second-order valence-electron chi connectivity index (χ2n) is 6.87. The molecule has 0 bridgehead atoms. The average molecular weight is 416 g/mol. The molecule has 1 aromatic carbocycles. The molecular weight excluding hydrogens is 394 g/mol. The zero-order chi connectivity index (χ0) is 21.0. The lowest BCUT2D eigenvalue weighted by Crippen LogP contribution is -2.29. The predicted octanol–water partition coefficient (Wildman–Crippen LogP) is 3.33. The Morgan fingerprint density at radius 1 is 1.41 bits per heavy atom. The van der Waals surface area contributed by atoms with Crippen molar-refractivity contribution in [1.82, 2.24) is 15.3 Å². The van der Waals surface area contributed by atoms with Crippen LogP contribution in [-0.4, -0.2) is 29.0 Å². The second kappa shape index (κ2) is 8.96. The number of ether oxygens (including phenoxy) is 1. The SMILES string of the molecule is C=C(C)COc1cc2oc(=O)c(CC(=O)NCCc3cnc[nH]3)c(C)c2cc1Cl. The van der Waals surface area contributed by atoms with Gasteiger partial charge in [-0.1, -0.05) is 18.2 Å². The van der Waals surface area contributed by atoms with E-state index in [0.717, 1.165) is 11.3 Å². The molecule has 8 heteroatoms. The van der Waals surface area contributed by atoms with Crippen LogP contribution in [0.4, 0.5) is 0 Å². The van der Waals surface area contributed by atoms with Crippen LogP contribution < -0.4 is 15.7 Å². The number of benzene rings is 1. The molecule has 0 unspecified atom stereocenters. The Morgan fingerprint density at radius 3 is 2.90 bits per heavy atom. The highest BCUT2D eigenvalue weighted by Gasteiger charge is 2.17. The summed E-state index contributed by atoms with van der Waals surface area (Å²) >= 11 is 6.31. The van der Waals surface area contributed by atoms with Gasteiger partial charge in [-0.3, -0.25) is 4.79 Å². The lowest BCUT2D eigenvalue weighted by molar-refractivity contribution is -0.120. The van der Waals surface area contributed by atoms with Crippen LogP contribution in [0.25, 0.3) is 11.0 Å². The fourth-order valence-electron chi connectivity index (χ4n) is 2.89. The van der Waals surface area contributed by atoms with E-state index in [1.165, 1.54) is 0 Å². The van der Waals surface area contributed by atoms with Crippen molar-refractivity contribution in [1.29, 1.82) is 0 Å². The van der Waals surface area contributed by atoms with Crippen molar-refractivity contribution in [2.24, 2.45) is 0 Å². The lowest BCUT2D eigenvalue weighted by atomic mass is 10.0. The number of carbonyl (C=O) groups is 1. The fraction of sp³-hybridized carbons (Fsp3) is 0.286. The molecule has 0 saturated carbocycles. The molecule has 2 N–H and O–H groups in total. The zero-order valence-corrected chi connectivity index (χ0v) is 17.1. The Labute approximate surface area is 172 Å². The van der Waals surface area contributed by atoms with E-state index >= 15 is 0 Å². The Morgan fingerprint density at radius 2 is 2.21 bits per heavy atom. The summed E-state index contributed by atoms with van der Waals surface area (Å²) in [4.78, 5) is 31.6. The van der Waals surface area contributed by atoms with Crippen molar-refractivity contribution in [3.8, 4) is 5.75 Å². The van der Waals surface area contributed by atoms with Crippen LogP contribution in [0, 0.1) is 6.92 Å². The molecule has 1 amide bonds. The summed E-state index contributed by atoms with van der Waals surface area (Å²) < 4.78 is 11.0. The van der Waals surface area contributed by atoms with Gasteiger partial charge in [0.2, 0.25) is 5.91 Å². The summed E-state index contributed by atoms with van der Waals surface area (Å²) in [5.41, 5.74) is 2.54. The number of aryl methyl sites for hydroxylation is 1. The average Bonchev–Trinajstić information content (AvgIpc) is 3.18. The molecule has 2 aromatic heterocycles. The van der Waals surface area contributed by atoms with Crippen LogP contribution in [-0.2, 0) is 17.6 Å². The number of hydrogen-bond acceptors (Lipinski definition) is 5. The van der Waals surface area contributed by atoms with Crippen molar-refractivity contribution in [2.45, 2.75) is 26.7 Å². The summed E-state index contributed by atoms with van der Waals surface area (Å²) in [6.07, 6.45) is 3.84. The van der Waals surface area contributed by atoms with Crippen LogP contribution in [0.3, 0.4) is 0 Å². The van der Waals surface area contributed by atoms with E-state index in [9.17, 15) is 9.59 Å². The second-order valence-corrected chi connectivity index (χ2v) is 7.28. The van der Waals surface area contributed by atoms with Gasteiger partial charge < -0.3 is 19.5 Å². The smallest absolute Gasteiger partial charge is 0.340 e. The molecule has 152 valence electrons. The number of carbonyl (C=O) groups excluding carboxylic acids is 1. The van der Waals surface area contributed by atoms with Crippen molar-refractivity contribution < 1.29 is 13.9 Å². The Kier molecular flexibility index (Phi) is 6.39. The quantitative estimate of drug-likeness (QED) is 0.434. The number of hydrogen-bond donors (Lipinski definition) is 2. The maximum atomic E-state index is 12.5. The molecule has 3 rings (SSSR count). The van der Waals surface area contributed by atoms with Gasteiger partial charge >= 0.3 is 5.63 Å². The van der Waals surface area contributed by atoms with Gasteiger partial charge in [-0.15, -0.1) is 0 Å². The van der Waals surface area contributed by atoms with E-state index in [-0.39, 0.29) is 12.3 Å². The first kappa shape index (κ1) is 20.7. The zero-order valence-electron chi connectivity index (χ0n) is 16.3. The van der Waals surface area contributed by atoms with Gasteiger partial charge in [-0.05, 0) is 31.1 Å². The van der Waals surface area contributed by atoms with Crippen molar-refractivity contribution in [3.63, 3.8) is 0 Å². The van der Waals surface area contributed by atoms with Crippen LogP contribution in [0.5, 0.6) is 5.75 Å². The van der Waals surface area contributed by atoms with E-state index in [2.05, 4.69) is 21.9 Å². The maximum Gasteiger partial charge on any atom is 0.340 e. The number of halogens is 1. The number of aromatic nitrogens is 2. The molecule has 0 saturated heterocycles. The van der Waals surface area contributed by atoms with E-state index in [4.69, 9.17) is 20.8 Å². The Hall–Kier alpha value is -3.06. The number of imidazole rings is 1. The highest BCUT2D eigenvalue weighted by Crippen LogP contribution is 2.32. The Bertz CT molecular complexity index is 1100. The standard InChI is InChI=1S/C21H22ClN3O4/c1-12(2)10-28-19-8-18-15(6-17(19)22)13(3)16(21(27)29-18)7-20(26)24-5-4-14-9-23-11-25-14/h6,8-9,11H,1,4-5,7,10H2,2-3H3,(H,23,25)(H,24,26). The molecule has 2 heterocycles. The van der Waals surface area contributed by atoms with Crippen molar-refractivity contribution in [3.05, 3.63) is 69.1 Å². The Balaban J connectivity index is 1.77. The maximum absolute atomic E-state index is 12.5. The van der Waals surface area contributed by atoms with Gasteiger partial charge in [0.15, 0.2) is 0 Å². The summed E-state index contributed by atoms with van der Waals surface area (Å²) in [5, 5.41) is 3.86. The summed E-state index contributed by atoms with van der Waals surface area (Å²) in [6.45, 7) is 8.14. The minimum atomic E-state index is -0.549. The lowest BCUT2D eigenvalue weighted by Gasteiger charge is -2.12. The van der Waals surface area contributed by atoms with Crippen LogP contribution in [0.1, 0.15) is 23.7 Å². The van der Waals surface area contributed by atoms with Gasteiger partial charge in [-0.2, -0.15) is 0 Å². The number of H-pyrrole nitrogens is 1. The highest BCUT2D eigenvalue weighted by molar-refractivity contribution is 6.32. The number of amides is 1. The molecular formula is C21H22ClN3O4. The third-order valence-corrected chi connectivity index (χ3v) is 4.72. The number of aromatic amines is 1. The van der Waals surface area contributed by atoms with E-state index in [1.807, 2.05) is 6.92 Å². The molecule has 3 aromatic rings. The summed E-state index contributed by atoms with van der Waals surface area (Å²) in [5.74, 6) is 0.154. The number of nitrogens with one attached hydrogen (secondary N) is 2. The molecule has 0 aliphatic rings. The minimum absolute atomic E-state index is 0.0708. The molecule has 0 spiro atoms. The van der Waals surface area contributed by atoms with E-state index in [0.29, 0.717) is 52.4 Å². The van der Waals surface area contributed by atoms with Crippen molar-refractivity contribution in [2.75, 3.05) is 13.2 Å². The third-order valence-electron chi connectivity index (χ3n) is 4.42. The first-order valence-corrected chi connectivity index (χ1v) is 9.50. The minimum Gasteiger partial charge on any atom is -0.488 e. The largest absolute Gasteiger partial charge is 0.488 e. The number of fused-ring (bicyclic) bond motifs is 1. The molecule has 0 aliphatic heterocycles. The highest BCUT2D eigenvalue weighted by atomic mass is 35.5. The topological polar surface area (TPSA) is 97.2 Å². The van der Waals surface area contributed by atoms with Crippen molar-refractivity contribution >= 4 is 28.5 Å². The van der Waals surface area contributed by atoms with E-state index < -0.39 is 5.63 Å². The van der Waals surface area contributed by atoms with E-state index in [1.54, 1.807) is 31.6 Å². The van der Waals surface area contributed by atoms with Crippen LogP contribution in [0.2, 0.25) is 5.02 Å². The molecule has 0 aliphatic carbocycles. The van der Waals surface area contributed by atoms with Gasteiger partial charge in [0.25, 0.3) is 0 Å². The molecule has 0 radical (unpaired) electrons. The molecule has 0 fully saturated rings. The normalized spacial score (nSPS) is 10.9. The van der Waals surface area contributed by atoms with Gasteiger partial charge in [0.05, 0.1) is 23.3 Å². The monoisotopic (exact) mass is 415 g/mol. The molecule has 29 heavy (non-hydrogen) atoms. The first-order chi connectivity index (χ1) is 13.8. The van der Waals surface area contributed by atoms with Gasteiger partial charge in [-0.25, -0.2) is 9.78 Å².